The molecule has 0 unspecified atom stereocenters. The van der Waals surface area contributed by atoms with Gasteiger partial charge in [-0.15, -0.1) is 0 Å². The molecule has 0 aliphatic rings. The molecule has 0 aliphatic carbocycles. The monoisotopic (exact) mass is 391 g/mol. The summed E-state index contributed by atoms with van der Waals surface area (Å²) in [5, 5.41) is 3.58. The molecule has 0 radical (unpaired) electrons. The third kappa shape index (κ3) is 4.06. The zero-order valence-corrected chi connectivity index (χ0v) is 15.8. The van der Waals surface area contributed by atoms with E-state index in [1.54, 1.807) is 12.1 Å². The fourth-order valence-corrected chi connectivity index (χ4v) is 3.05. The summed E-state index contributed by atoms with van der Waals surface area (Å²) in [5.74, 6) is 0.364. The van der Waals surface area contributed by atoms with Crippen LogP contribution in [0.2, 0.25) is 5.02 Å². The number of ether oxygens (including phenoxy) is 1. The van der Waals surface area contributed by atoms with Crippen molar-refractivity contribution >= 4 is 29.0 Å². The third-order valence-electron chi connectivity index (χ3n) is 4.25. The maximum Gasteiger partial charge on any atom is 0.251 e. The topological polar surface area (TPSA) is 55.6 Å². The third-order valence-corrected chi connectivity index (χ3v) is 4.50. The first-order chi connectivity index (χ1) is 13.7. The van der Waals surface area contributed by atoms with Gasteiger partial charge in [-0.25, -0.2) is 4.98 Å². The van der Waals surface area contributed by atoms with Crippen LogP contribution in [0.5, 0.6) is 0 Å². The second-order valence-corrected chi connectivity index (χ2v) is 6.71. The van der Waals surface area contributed by atoms with Crippen LogP contribution in [-0.4, -0.2) is 21.9 Å². The van der Waals surface area contributed by atoms with E-state index >= 15 is 0 Å². The fourth-order valence-electron chi connectivity index (χ4n) is 2.93. The Kier molecular flexibility index (Phi) is 5.37. The van der Waals surface area contributed by atoms with Crippen molar-refractivity contribution in [2.45, 2.75) is 6.61 Å². The molecule has 4 aromatic rings. The molecular weight excluding hydrogens is 374 g/mol. The fraction of sp³-hybridized carbons (Fsp3) is 0.0909. The summed E-state index contributed by atoms with van der Waals surface area (Å²) in [6.45, 7) is 0.334. The van der Waals surface area contributed by atoms with Gasteiger partial charge in [0.25, 0.3) is 5.91 Å². The second kappa shape index (κ2) is 8.25. The Morgan fingerprint density at radius 1 is 1.00 bits per heavy atom. The van der Waals surface area contributed by atoms with Crippen LogP contribution in [0.4, 0.5) is 5.82 Å². The van der Waals surface area contributed by atoms with Gasteiger partial charge in [-0.3, -0.25) is 9.20 Å². The maximum atomic E-state index is 12.5. The van der Waals surface area contributed by atoms with Gasteiger partial charge in [-0.1, -0.05) is 60.1 Å². The first-order valence-corrected chi connectivity index (χ1v) is 9.23. The number of carbonyl (C=O) groups is 1. The molecule has 0 atom stereocenters. The Labute approximate surface area is 167 Å². The van der Waals surface area contributed by atoms with Crippen LogP contribution in [0, 0.1) is 0 Å². The Morgan fingerprint density at radius 2 is 1.75 bits per heavy atom. The number of anilines is 1. The number of imidazole rings is 1. The lowest BCUT2D eigenvalue weighted by Crippen LogP contribution is -2.19. The molecule has 5 nitrogen and oxygen atoms in total. The molecule has 2 heterocycles. The number of halogens is 1. The van der Waals surface area contributed by atoms with Crippen molar-refractivity contribution in [2.24, 2.45) is 0 Å². The van der Waals surface area contributed by atoms with Crippen LogP contribution < -0.4 is 5.32 Å². The van der Waals surface area contributed by atoms with Gasteiger partial charge in [0.05, 0.1) is 6.61 Å². The van der Waals surface area contributed by atoms with Crippen LogP contribution in [0.25, 0.3) is 16.9 Å². The molecule has 4 rings (SSSR count). The number of hydrogen-bond donors (Lipinski definition) is 1. The van der Waals surface area contributed by atoms with E-state index in [-0.39, 0.29) is 12.5 Å². The van der Waals surface area contributed by atoms with Gasteiger partial charge in [-0.2, -0.15) is 0 Å². The van der Waals surface area contributed by atoms with Crippen LogP contribution in [0.3, 0.4) is 0 Å². The molecule has 0 bridgehead atoms. The van der Waals surface area contributed by atoms with Gasteiger partial charge in [-0.05, 0) is 29.8 Å². The molecule has 1 N–H and O–H groups in total. The predicted molar refractivity (Wildman–Crippen MR) is 110 cm³/mol. The normalized spacial score (nSPS) is 10.9. The predicted octanol–water partition coefficient (Wildman–Crippen LogP) is 4.81. The van der Waals surface area contributed by atoms with Crippen LogP contribution >= 0.6 is 11.6 Å². The van der Waals surface area contributed by atoms with E-state index in [0.717, 1.165) is 16.8 Å². The van der Waals surface area contributed by atoms with E-state index in [1.165, 1.54) is 0 Å². The van der Waals surface area contributed by atoms with E-state index < -0.39 is 0 Å². The standard InChI is InChI=1S/C22H18ClN3O2/c23-18-11-9-17(10-12-18)21-22(26-13-5-4-8-19(26)24-21)25-20(27)15-28-14-16-6-2-1-3-7-16/h1-13H,14-15H2,(H,25,27). The minimum atomic E-state index is -0.239. The molecular formula is C22H18ClN3O2. The van der Waals surface area contributed by atoms with E-state index in [2.05, 4.69) is 10.3 Å². The number of rotatable bonds is 6. The number of amides is 1. The Balaban J connectivity index is 1.54. The van der Waals surface area contributed by atoms with Crippen molar-refractivity contribution in [1.82, 2.24) is 9.38 Å². The quantitative estimate of drug-likeness (QED) is 0.513. The Bertz CT molecular complexity index is 1090. The summed E-state index contributed by atoms with van der Waals surface area (Å²) in [5.41, 5.74) is 3.31. The number of nitrogens with one attached hydrogen (secondary N) is 1. The van der Waals surface area contributed by atoms with E-state index in [0.29, 0.717) is 23.1 Å². The highest BCUT2D eigenvalue weighted by atomic mass is 35.5. The summed E-state index contributed by atoms with van der Waals surface area (Å²) < 4.78 is 7.39. The number of nitrogens with zero attached hydrogens (tertiary/aromatic N) is 2. The number of carbonyl (C=O) groups excluding carboxylic acids is 1. The molecule has 1 amide bonds. The van der Waals surface area contributed by atoms with Gasteiger partial charge in [0.2, 0.25) is 0 Å². The summed E-state index contributed by atoms with van der Waals surface area (Å²) >= 11 is 6.00. The molecule has 6 heteroatoms. The molecule has 28 heavy (non-hydrogen) atoms. The second-order valence-electron chi connectivity index (χ2n) is 6.27. The number of hydrogen-bond acceptors (Lipinski definition) is 3. The van der Waals surface area contributed by atoms with Crippen molar-refractivity contribution in [2.75, 3.05) is 11.9 Å². The van der Waals surface area contributed by atoms with Crippen LogP contribution in [0.15, 0.2) is 79.0 Å². The summed E-state index contributed by atoms with van der Waals surface area (Å²) in [4.78, 5) is 17.1. The average molecular weight is 392 g/mol. The average Bonchev–Trinajstić information content (AvgIpc) is 3.08. The highest BCUT2D eigenvalue weighted by Gasteiger charge is 2.16. The summed E-state index contributed by atoms with van der Waals surface area (Å²) in [6.07, 6.45) is 1.86. The lowest BCUT2D eigenvalue weighted by atomic mass is 10.1. The first kappa shape index (κ1) is 18.2. The zero-order valence-electron chi connectivity index (χ0n) is 15.0. The molecule has 0 saturated heterocycles. The van der Waals surface area contributed by atoms with Gasteiger partial charge in [0, 0.05) is 16.8 Å². The lowest BCUT2D eigenvalue weighted by Gasteiger charge is -2.09. The number of benzene rings is 2. The van der Waals surface area contributed by atoms with Crippen molar-refractivity contribution in [3.8, 4) is 11.3 Å². The van der Waals surface area contributed by atoms with Crippen LogP contribution in [0.1, 0.15) is 5.56 Å². The van der Waals surface area contributed by atoms with Crippen molar-refractivity contribution in [3.05, 3.63) is 89.6 Å². The molecule has 140 valence electrons. The highest BCUT2D eigenvalue weighted by molar-refractivity contribution is 6.30. The number of pyridine rings is 1. The SMILES string of the molecule is O=C(COCc1ccccc1)Nc1c(-c2ccc(Cl)cc2)nc2ccccn12. The van der Waals surface area contributed by atoms with Gasteiger partial charge in [0.15, 0.2) is 0 Å². The molecule has 2 aromatic carbocycles. The van der Waals surface area contributed by atoms with Crippen molar-refractivity contribution in [3.63, 3.8) is 0 Å². The molecule has 0 aliphatic heterocycles. The zero-order chi connectivity index (χ0) is 19.3. The smallest absolute Gasteiger partial charge is 0.251 e. The minimum absolute atomic E-state index is 0.0466. The van der Waals surface area contributed by atoms with Gasteiger partial charge < -0.3 is 10.1 Å². The number of aromatic nitrogens is 2. The summed E-state index contributed by atoms with van der Waals surface area (Å²) in [7, 11) is 0. The van der Waals surface area contributed by atoms with Gasteiger partial charge >= 0.3 is 0 Å². The van der Waals surface area contributed by atoms with E-state index in [9.17, 15) is 4.79 Å². The Morgan fingerprint density at radius 3 is 2.54 bits per heavy atom. The summed E-state index contributed by atoms with van der Waals surface area (Å²) in [6, 6.07) is 22.8. The molecule has 0 spiro atoms. The van der Waals surface area contributed by atoms with Crippen molar-refractivity contribution < 1.29 is 9.53 Å². The van der Waals surface area contributed by atoms with E-state index in [4.69, 9.17) is 16.3 Å². The highest BCUT2D eigenvalue weighted by Crippen LogP contribution is 2.29. The minimum Gasteiger partial charge on any atom is -0.367 e. The number of fused-ring (bicyclic) bond motifs is 1. The largest absolute Gasteiger partial charge is 0.367 e. The maximum absolute atomic E-state index is 12.5. The first-order valence-electron chi connectivity index (χ1n) is 8.85. The van der Waals surface area contributed by atoms with Crippen LogP contribution in [-0.2, 0) is 16.1 Å². The van der Waals surface area contributed by atoms with Crippen molar-refractivity contribution in [1.29, 1.82) is 0 Å². The lowest BCUT2D eigenvalue weighted by molar-refractivity contribution is -0.121. The molecule has 2 aromatic heterocycles. The van der Waals surface area contributed by atoms with E-state index in [1.807, 2.05) is 71.3 Å². The molecule has 0 saturated carbocycles. The Hall–Kier alpha value is -3.15. The molecule has 0 fully saturated rings. The van der Waals surface area contributed by atoms with Gasteiger partial charge in [0.1, 0.15) is 23.8 Å².